The molecule has 1 atom stereocenters. The number of hydrogen-bond acceptors (Lipinski definition) is 3. The lowest BCUT2D eigenvalue weighted by molar-refractivity contribution is 0.189. The lowest BCUT2D eigenvalue weighted by Gasteiger charge is -2.28. The first-order chi connectivity index (χ1) is 14.6. The smallest absolute Gasteiger partial charge is 0.322 e. The minimum Gasteiger partial charge on any atom is -0.495 e. The number of fused-ring (bicyclic) bond motifs is 5. The number of benzene rings is 1. The standard InChI is InChI=1S/C24H27N3O2S/c1-15-10-11-21(29-3)19(13-15)25-24(28)27-14-18-17-7-4-5-9-22(17)30-23(18)26-12-6-8-20(26)16(27)2/h6,8,10-13,16H,4-5,7,9,14H2,1-3H3,(H,25,28)/t16-/m1/s1. The maximum absolute atomic E-state index is 13.5. The number of nitrogens with zero attached hydrogens (tertiary/aromatic N) is 2. The number of thiophene rings is 1. The quantitative estimate of drug-likeness (QED) is 0.565. The minimum absolute atomic E-state index is 0.0327. The van der Waals surface area contributed by atoms with Crippen molar-refractivity contribution in [3.05, 3.63) is 63.8 Å². The second-order valence-corrected chi connectivity index (χ2v) is 9.32. The van der Waals surface area contributed by atoms with Crippen molar-refractivity contribution in [2.45, 2.75) is 52.1 Å². The van der Waals surface area contributed by atoms with Gasteiger partial charge in [0.25, 0.3) is 0 Å². The highest BCUT2D eigenvalue weighted by Crippen LogP contribution is 2.42. The monoisotopic (exact) mass is 421 g/mol. The molecule has 5 nitrogen and oxygen atoms in total. The molecule has 0 spiro atoms. The Hall–Kier alpha value is -2.73. The molecule has 1 aliphatic heterocycles. The molecule has 0 saturated heterocycles. The molecule has 2 aromatic heterocycles. The van der Waals surface area contributed by atoms with Gasteiger partial charge in [-0.15, -0.1) is 11.3 Å². The van der Waals surface area contributed by atoms with E-state index in [4.69, 9.17) is 4.74 Å². The minimum atomic E-state index is -0.0947. The first kappa shape index (κ1) is 19.2. The molecule has 1 aliphatic carbocycles. The van der Waals surface area contributed by atoms with Crippen LogP contribution in [0.5, 0.6) is 5.75 Å². The van der Waals surface area contributed by atoms with Crippen molar-refractivity contribution in [2.24, 2.45) is 0 Å². The van der Waals surface area contributed by atoms with Crippen molar-refractivity contribution in [2.75, 3.05) is 12.4 Å². The zero-order valence-electron chi connectivity index (χ0n) is 17.7. The third-order valence-corrected chi connectivity index (χ3v) is 7.67. The van der Waals surface area contributed by atoms with Gasteiger partial charge in [0.05, 0.1) is 25.4 Å². The lowest BCUT2D eigenvalue weighted by Crippen LogP contribution is -2.36. The van der Waals surface area contributed by atoms with Crippen LogP contribution in [0.25, 0.3) is 5.00 Å². The van der Waals surface area contributed by atoms with Gasteiger partial charge in [-0.05, 0) is 74.9 Å². The number of anilines is 1. The average molecular weight is 422 g/mol. The summed E-state index contributed by atoms with van der Waals surface area (Å²) in [4.78, 5) is 17.0. The van der Waals surface area contributed by atoms with E-state index in [-0.39, 0.29) is 12.1 Å². The number of hydrogen-bond donors (Lipinski definition) is 1. The van der Waals surface area contributed by atoms with Gasteiger partial charge in [-0.2, -0.15) is 0 Å². The number of carbonyl (C=O) groups is 1. The summed E-state index contributed by atoms with van der Waals surface area (Å²) in [5.74, 6) is 0.674. The number of aromatic nitrogens is 1. The van der Waals surface area contributed by atoms with Crippen LogP contribution in [0.4, 0.5) is 10.5 Å². The highest BCUT2D eigenvalue weighted by Gasteiger charge is 2.33. The van der Waals surface area contributed by atoms with Gasteiger partial charge in [-0.3, -0.25) is 0 Å². The van der Waals surface area contributed by atoms with Crippen LogP contribution < -0.4 is 10.1 Å². The largest absolute Gasteiger partial charge is 0.495 e. The molecule has 5 rings (SSSR count). The Bertz CT molecular complexity index is 1110. The Labute approximate surface area is 181 Å². The summed E-state index contributed by atoms with van der Waals surface area (Å²) in [5.41, 5.74) is 5.74. The van der Waals surface area contributed by atoms with Crippen LogP contribution in [0.3, 0.4) is 0 Å². The van der Waals surface area contributed by atoms with Gasteiger partial charge in [0.1, 0.15) is 10.8 Å². The third kappa shape index (κ3) is 3.10. The van der Waals surface area contributed by atoms with Gasteiger partial charge < -0.3 is 19.5 Å². The first-order valence-electron chi connectivity index (χ1n) is 10.6. The lowest BCUT2D eigenvalue weighted by atomic mass is 9.95. The molecular weight excluding hydrogens is 394 g/mol. The molecule has 1 aromatic carbocycles. The third-order valence-electron chi connectivity index (χ3n) is 6.34. The van der Waals surface area contributed by atoms with Crippen LogP contribution >= 0.6 is 11.3 Å². The van der Waals surface area contributed by atoms with E-state index in [9.17, 15) is 4.79 Å². The summed E-state index contributed by atoms with van der Waals surface area (Å²) in [6.07, 6.45) is 6.91. The van der Waals surface area contributed by atoms with Gasteiger partial charge >= 0.3 is 6.03 Å². The van der Waals surface area contributed by atoms with Gasteiger partial charge in [0.2, 0.25) is 0 Å². The van der Waals surface area contributed by atoms with Gasteiger partial charge in [0, 0.05) is 22.3 Å². The average Bonchev–Trinajstić information content (AvgIpc) is 3.34. The van der Waals surface area contributed by atoms with Crippen LogP contribution in [0.2, 0.25) is 0 Å². The summed E-state index contributed by atoms with van der Waals surface area (Å²) in [7, 11) is 1.63. The number of ether oxygens (including phenoxy) is 1. The Morgan fingerprint density at radius 1 is 1.20 bits per heavy atom. The molecule has 2 aliphatic rings. The van der Waals surface area contributed by atoms with Crippen LogP contribution in [0, 0.1) is 6.92 Å². The van der Waals surface area contributed by atoms with Crippen LogP contribution in [0.1, 0.15) is 53.1 Å². The fourth-order valence-electron chi connectivity index (χ4n) is 4.72. The molecule has 0 saturated carbocycles. The SMILES string of the molecule is COc1ccc(C)cc1NC(=O)N1Cc2c(sc3c2CCCC3)-n2cccc2[C@H]1C. The molecule has 2 amide bonds. The van der Waals surface area contributed by atoms with E-state index in [0.717, 1.165) is 24.1 Å². The van der Waals surface area contributed by atoms with E-state index in [2.05, 4.69) is 35.1 Å². The highest BCUT2D eigenvalue weighted by atomic mass is 32.1. The first-order valence-corrected chi connectivity index (χ1v) is 11.4. The number of amides is 2. The van der Waals surface area contributed by atoms with Gasteiger partial charge in [-0.1, -0.05) is 6.07 Å². The van der Waals surface area contributed by atoms with E-state index in [1.165, 1.54) is 33.8 Å². The van der Waals surface area contributed by atoms with Gasteiger partial charge in [-0.25, -0.2) is 4.79 Å². The topological polar surface area (TPSA) is 46.5 Å². The number of carbonyl (C=O) groups excluding carboxylic acids is 1. The molecule has 156 valence electrons. The maximum atomic E-state index is 13.5. The van der Waals surface area contributed by atoms with Crippen molar-refractivity contribution in [3.63, 3.8) is 0 Å². The summed E-state index contributed by atoms with van der Waals surface area (Å²) in [6.45, 7) is 4.76. The Morgan fingerprint density at radius 3 is 2.87 bits per heavy atom. The number of methoxy groups -OCH3 is 1. The number of nitrogens with one attached hydrogen (secondary N) is 1. The number of urea groups is 1. The molecule has 0 radical (unpaired) electrons. The molecule has 6 heteroatoms. The molecule has 0 unspecified atom stereocenters. The number of rotatable bonds is 2. The summed E-state index contributed by atoms with van der Waals surface area (Å²) >= 11 is 1.91. The van der Waals surface area contributed by atoms with Crippen molar-refractivity contribution in [3.8, 4) is 10.8 Å². The van der Waals surface area contributed by atoms with E-state index in [1.807, 2.05) is 41.4 Å². The van der Waals surface area contributed by atoms with E-state index >= 15 is 0 Å². The van der Waals surface area contributed by atoms with Crippen molar-refractivity contribution in [1.29, 1.82) is 0 Å². The molecule has 0 fully saturated rings. The summed E-state index contributed by atoms with van der Waals surface area (Å²) < 4.78 is 7.76. The van der Waals surface area contributed by atoms with E-state index in [0.29, 0.717) is 18.0 Å². The fourth-order valence-corrected chi connectivity index (χ4v) is 6.12. The van der Waals surface area contributed by atoms with Crippen LogP contribution in [0.15, 0.2) is 36.5 Å². The van der Waals surface area contributed by atoms with Crippen molar-refractivity contribution < 1.29 is 9.53 Å². The van der Waals surface area contributed by atoms with Crippen molar-refractivity contribution in [1.82, 2.24) is 9.47 Å². The Kier molecular flexibility index (Phi) is 4.82. The predicted octanol–water partition coefficient (Wildman–Crippen LogP) is 5.84. The van der Waals surface area contributed by atoms with E-state index in [1.54, 1.807) is 7.11 Å². The van der Waals surface area contributed by atoms with Gasteiger partial charge in [0.15, 0.2) is 0 Å². The predicted molar refractivity (Wildman–Crippen MR) is 121 cm³/mol. The Balaban J connectivity index is 1.54. The molecule has 0 bridgehead atoms. The van der Waals surface area contributed by atoms with Crippen LogP contribution in [-0.4, -0.2) is 22.6 Å². The van der Waals surface area contributed by atoms with Crippen LogP contribution in [-0.2, 0) is 19.4 Å². The maximum Gasteiger partial charge on any atom is 0.322 e. The molecular formula is C24H27N3O2S. The number of aryl methyl sites for hydroxylation is 2. The zero-order chi connectivity index (χ0) is 20.8. The summed E-state index contributed by atoms with van der Waals surface area (Å²) in [6, 6.07) is 9.93. The zero-order valence-corrected chi connectivity index (χ0v) is 18.5. The van der Waals surface area contributed by atoms with Crippen molar-refractivity contribution >= 4 is 23.1 Å². The summed E-state index contributed by atoms with van der Waals surface area (Å²) in [5, 5.41) is 4.40. The second-order valence-electron chi connectivity index (χ2n) is 8.24. The van der Waals surface area contributed by atoms with E-state index < -0.39 is 0 Å². The normalized spacial score (nSPS) is 17.6. The molecule has 1 N–H and O–H groups in total. The Morgan fingerprint density at radius 2 is 2.03 bits per heavy atom. The molecule has 3 heterocycles. The highest BCUT2D eigenvalue weighted by molar-refractivity contribution is 7.15. The molecule has 30 heavy (non-hydrogen) atoms. The second kappa shape index (κ2) is 7.51. The fraction of sp³-hybridized carbons (Fsp3) is 0.375. The molecule has 3 aromatic rings.